The molecule has 0 bridgehead atoms. The number of aryl methyl sites for hydroxylation is 2. The van der Waals surface area contributed by atoms with E-state index < -0.39 is 0 Å². The Morgan fingerprint density at radius 2 is 2.10 bits per heavy atom. The summed E-state index contributed by atoms with van der Waals surface area (Å²) in [5, 5.41) is 3.95. The van der Waals surface area contributed by atoms with Crippen LogP contribution < -0.4 is 5.32 Å². The van der Waals surface area contributed by atoms with Gasteiger partial charge in [0.2, 0.25) is 0 Å². The third kappa shape index (κ3) is 3.14. The molecule has 0 aliphatic carbocycles. The Morgan fingerprint density at radius 1 is 1.35 bits per heavy atom. The lowest BCUT2D eigenvalue weighted by molar-refractivity contribution is 0.0599. The van der Waals surface area contributed by atoms with Crippen LogP contribution in [-0.2, 0) is 11.3 Å². The molecule has 0 unspecified atom stereocenters. The Kier molecular flexibility index (Phi) is 4.35. The summed E-state index contributed by atoms with van der Waals surface area (Å²) >= 11 is 5.91. The van der Waals surface area contributed by atoms with Crippen molar-refractivity contribution in [3.63, 3.8) is 0 Å². The largest absolute Gasteiger partial charge is 0.465 e. The fraction of sp³-hybridized carbons (Fsp3) is 0.267. The third-order valence-corrected chi connectivity index (χ3v) is 3.25. The first-order chi connectivity index (χ1) is 9.51. The van der Waals surface area contributed by atoms with Crippen LogP contribution in [0.5, 0.6) is 0 Å². The fourth-order valence-corrected chi connectivity index (χ4v) is 2.18. The van der Waals surface area contributed by atoms with E-state index >= 15 is 0 Å². The molecule has 1 aromatic carbocycles. The summed E-state index contributed by atoms with van der Waals surface area (Å²) in [6.45, 7) is 4.20. The van der Waals surface area contributed by atoms with Gasteiger partial charge in [0.25, 0.3) is 0 Å². The number of esters is 1. The zero-order valence-electron chi connectivity index (χ0n) is 11.6. The zero-order valence-corrected chi connectivity index (χ0v) is 12.4. The van der Waals surface area contributed by atoms with Crippen LogP contribution in [0.1, 0.15) is 27.4 Å². The van der Waals surface area contributed by atoms with Gasteiger partial charge in [-0.1, -0.05) is 11.6 Å². The van der Waals surface area contributed by atoms with E-state index in [0.29, 0.717) is 28.7 Å². The average Bonchev–Trinajstić information content (AvgIpc) is 2.78. The van der Waals surface area contributed by atoms with Crippen molar-refractivity contribution >= 4 is 23.3 Å². The number of hydrogen-bond acceptors (Lipinski definition) is 4. The molecule has 1 N–H and O–H groups in total. The van der Waals surface area contributed by atoms with Crippen LogP contribution >= 0.6 is 11.6 Å². The average molecular weight is 294 g/mol. The molecule has 0 spiro atoms. The second-order valence-electron chi connectivity index (χ2n) is 4.49. The predicted molar refractivity (Wildman–Crippen MR) is 78.3 cm³/mol. The van der Waals surface area contributed by atoms with E-state index in [4.69, 9.17) is 20.8 Å². The van der Waals surface area contributed by atoms with Crippen LogP contribution in [0.15, 0.2) is 28.7 Å². The highest BCUT2D eigenvalue weighted by molar-refractivity contribution is 6.30. The maximum absolute atomic E-state index is 11.5. The highest BCUT2D eigenvalue weighted by atomic mass is 35.5. The van der Waals surface area contributed by atoms with E-state index in [-0.39, 0.29) is 5.97 Å². The van der Waals surface area contributed by atoms with E-state index in [0.717, 1.165) is 11.3 Å². The molecule has 0 aliphatic heterocycles. The van der Waals surface area contributed by atoms with Gasteiger partial charge in [-0.2, -0.15) is 0 Å². The van der Waals surface area contributed by atoms with Gasteiger partial charge in [0.1, 0.15) is 17.1 Å². The molecule has 0 fully saturated rings. The molecule has 106 valence electrons. The maximum Gasteiger partial charge on any atom is 0.341 e. The molecule has 1 aromatic heterocycles. The quantitative estimate of drug-likeness (QED) is 0.867. The van der Waals surface area contributed by atoms with Crippen LogP contribution in [0, 0.1) is 13.8 Å². The first-order valence-electron chi connectivity index (χ1n) is 6.19. The van der Waals surface area contributed by atoms with Crippen molar-refractivity contribution in [1.29, 1.82) is 0 Å². The second kappa shape index (κ2) is 6.01. The molecule has 1 heterocycles. The van der Waals surface area contributed by atoms with Crippen molar-refractivity contribution in [3.05, 3.63) is 51.9 Å². The topological polar surface area (TPSA) is 51.5 Å². The van der Waals surface area contributed by atoms with Crippen molar-refractivity contribution in [2.45, 2.75) is 20.4 Å². The summed E-state index contributed by atoms with van der Waals surface area (Å²) in [7, 11) is 1.35. The molecule has 4 nitrogen and oxygen atoms in total. The number of methoxy groups -OCH3 is 1. The summed E-state index contributed by atoms with van der Waals surface area (Å²) < 4.78 is 10.2. The fourth-order valence-electron chi connectivity index (χ4n) is 1.95. The molecule has 0 atom stereocenters. The maximum atomic E-state index is 11.5. The molecule has 0 saturated heterocycles. The van der Waals surface area contributed by atoms with Gasteiger partial charge in [0.15, 0.2) is 0 Å². The highest BCUT2D eigenvalue weighted by Gasteiger charge is 2.15. The van der Waals surface area contributed by atoms with Gasteiger partial charge in [-0.15, -0.1) is 0 Å². The smallest absolute Gasteiger partial charge is 0.341 e. The standard InChI is InChI=1S/C15H16ClNO3/c1-9-6-11(16)4-5-14(9)17-8-12-7-13(10(2)20-12)15(18)19-3/h4-7,17H,8H2,1-3H3. The molecule has 0 aliphatic rings. The van der Waals surface area contributed by atoms with Crippen LogP contribution in [0.3, 0.4) is 0 Å². The zero-order chi connectivity index (χ0) is 14.7. The molecule has 2 rings (SSSR count). The summed E-state index contributed by atoms with van der Waals surface area (Å²) in [6.07, 6.45) is 0. The molecular formula is C15H16ClNO3. The number of hydrogen-bond donors (Lipinski definition) is 1. The minimum atomic E-state index is -0.389. The molecule has 0 amide bonds. The lowest BCUT2D eigenvalue weighted by Crippen LogP contribution is -2.01. The second-order valence-corrected chi connectivity index (χ2v) is 4.92. The van der Waals surface area contributed by atoms with E-state index in [1.54, 1.807) is 13.0 Å². The van der Waals surface area contributed by atoms with Crippen molar-refractivity contribution in [2.75, 3.05) is 12.4 Å². The van der Waals surface area contributed by atoms with Gasteiger partial charge < -0.3 is 14.5 Å². The van der Waals surface area contributed by atoms with Gasteiger partial charge in [-0.05, 0) is 43.7 Å². The van der Waals surface area contributed by atoms with Gasteiger partial charge in [-0.25, -0.2) is 4.79 Å². The van der Waals surface area contributed by atoms with E-state index in [9.17, 15) is 4.79 Å². The van der Waals surface area contributed by atoms with Crippen LogP contribution in [0.4, 0.5) is 5.69 Å². The molecule has 20 heavy (non-hydrogen) atoms. The number of ether oxygens (including phenoxy) is 1. The number of carbonyl (C=O) groups is 1. The van der Waals surface area contributed by atoms with Gasteiger partial charge in [-0.3, -0.25) is 0 Å². The van der Waals surface area contributed by atoms with E-state index in [1.165, 1.54) is 7.11 Å². The minimum Gasteiger partial charge on any atom is -0.465 e. The number of nitrogens with one attached hydrogen (secondary N) is 1. The molecule has 0 radical (unpaired) electrons. The van der Waals surface area contributed by atoms with Crippen LogP contribution in [-0.4, -0.2) is 13.1 Å². The van der Waals surface area contributed by atoms with Crippen molar-refractivity contribution in [2.24, 2.45) is 0 Å². The summed E-state index contributed by atoms with van der Waals surface area (Å²) in [5.41, 5.74) is 2.48. The van der Waals surface area contributed by atoms with Crippen molar-refractivity contribution < 1.29 is 13.9 Å². The lowest BCUT2D eigenvalue weighted by Gasteiger charge is -2.08. The molecular weight excluding hydrogens is 278 g/mol. The SMILES string of the molecule is COC(=O)c1cc(CNc2ccc(Cl)cc2C)oc1C. The monoisotopic (exact) mass is 293 g/mol. The van der Waals surface area contributed by atoms with E-state index in [2.05, 4.69) is 5.32 Å². The first kappa shape index (κ1) is 14.5. The normalized spacial score (nSPS) is 10.4. The first-order valence-corrected chi connectivity index (χ1v) is 6.56. The Morgan fingerprint density at radius 3 is 2.75 bits per heavy atom. The predicted octanol–water partition coefficient (Wildman–Crippen LogP) is 3.95. The molecule has 0 saturated carbocycles. The van der Waals surface area contributed by atoms with Gasteiger partial charge >= 0.3 is 5.97 Å². The third-order valence-electron chi connectivity index (χ3n) is 3.02. The number of carbonyl (C=O) groups excluding carboxylic acids is 1. The highest BCUT2D eigenvalue weighted by Crippen LogP contribution is 2.21. The Hall–Kier alpha value is -1.94. The number of benzene rings is 1. The van der Waals surface area contributed by atoms with Gasteiger partial charge in [0, 0.05) is 10.7 Å². The Balaban J connectivity index is 2.09. The van der Waals surface area contributed by atoms with Crippen LogP contribution in [0.2, 0.25) is 5.02 Å². The molecule has 5 heteroatoms. The number of furan rings is 1. The van der Waals surface area contributed by atoms with Crippen molar-refractivity contribution in [3.8, 4) is 0 Å². The summed E-state index contributed by atoms with van der Waals surface area (Å²) in [6, 6.07) is 7.31. The number of rotatable bonds is 4. The van der Waals surface area contributed by atoms with Crippen LogP contribution in [0.25, 0.3) is 0 Å². The van der Waals surface area contributed by atoms with Gasteiger partial charge in [0.05, 0.1) is 13.7 Å². The molecule has 2 aromatic rings. The Labute approximate surface area is 122 Å². The van der Waals surface area contributed by atoms with E-state index in [1.807, 2.05) is 25.1 Å². The Bertz CT molecular complexity index is 634. The lowest BCUT2D eigenvalue weighted by atomic mass is 10.2. The summed E-state index contributed by atoms with van der Waals surface area (Å²) in [5.74, 6) is 0.846. The number of halogens is 1. The number of anilines is 1. The van der Waals surface area contributed by atoms with Crippen molar-refractivity contribution in [1.82, 2.24) is 0 Å². The minimum absolute atomic E-state index is 0.389. The summed E-state index contributed by atoms with van der Waals surface area (Å²) in [4.78, 5) is 11.5.